The maximum Gasteiger partial charge on any atom is 0.243 e. The lowest BCUT2D eigenvalue weighted by Gasteiger charge is -2.01. The molecule has 0 bridgehead atoms. The molecule has 2 rings (SSSR count). The molecule has 0 aliphatic carbocycles. The van der Waals surface area contributed by atoms with Crippen LogP contribution in [0.25, 0.3) is 11.4 Å². The molecule has 0 aliphatic rings. The van der Waals surface area contributed by atoms with Gasteiger partial charge in [0.15, 0.2) is 0 Å². The van der Waals surface area contributed by atoms with Gasteiger partial charge in [-0.3, -0.25) is 0 Å². The van der Waals surface area contributed by atoms with Gasteiger partial charge in [-0.05, 0) is 17.9 Å². The molecule has 0 spiro atoms. The van der Waals surface area contributed by atoms with E-state index in [4.69, 9.17) is 10.3 Å². The highest BCUT2D eigenvalue weighted by Crippen LogP contribution is 2.21. The minimum Gasteiger partial charge on any atom is -0.337 e. The third-order valence-corrected chi connectivity index (χ3v) is 2.82. The molecule has 0 fully saturated rings. The standard InChI is InChI=1S/C10H13N3OS/c1-2-3-8(11)10-12-9(13-14-10)7-4-5-15-6-7/h4-6,8H,2-3,11H2,1H3. The number of hydrogen-bond acceptors (Lipinski definition) is 5. The number of thiophene rings is 1. The van der Waals surface area contributed by atoms with Crippen LogP contribution >= 0.6 is 11.3 Å². The van der Waals surface area contributed by atoms with Gasteiger partial charge < -0.3 is 10.3 Å². The monoisotopic (exact) mass is 223 g/mol. The molecular formula is C10H13N3OS. The van der Waals surface area contributed by atoms with Crippen LogP contribution in [0.4, 0.5) is 0 Å². The molecule has 0 amide bonds. The van der Waals surface area contributed by atoms with E-state index < -0.39 is 0 Å². The Kier molecular flexibility index (Phi) is 3.13. The van der Waals surface area contributed by atoms with E-state index in [9.17, 15) is 0 Å². The Balaban J connectivity index is 2.17. The number of rotatable bonds is 4. The second-order valence-electron chi connectivity index (χ2n) is 3.36. The summed E-state index contributed by atoms with van der Waals surface area (Å²) in [6.07, 6.45) is 1.88. The molecule has 0 aromatic carbocycles. The highest BCUT2D eigenvalue weighted by molar-refractivity contribution is 7.08. The third-order valence-electron chi connectivity index (χ3n) is 2.14. The van der Waals surface area contributed by atoms with Crippen LogP contribution in [0, 0.1) is 0 Å². The van der Waals surface area contributed by atoms with Gasteiger partial charge in [0.25, 0.3) is 0 Å². The summed E-state index contributed by atoms with van der Waals surface area (Å²) >= 11 is 1.61. The molecule has 0 saturated heterocycles. The summed E-state index contributed by atoms with van der Waals surface area (Å²) in [6, 6.07) is 1.82. The summed E-state index contributed by atoms with van der Waals surface area (Å²) in [6.45, 7) is 2.08. The van der Waals surface area contributed by atoms with Crippen molar-refractivity contribution in [2.75, 3.05) is 0 Å². The minimum absolute atomic E-state index is 0.144. The Morgan fingerprint density at radius 2 is 2.47 bits per heavy atom. The van der Waals surface area contributed by atoms with Crippen molar-refractivity contribution in [2.45, 2.75) is 25.8 Å². The fourth-order valence-corrected chi connectivity index (χ4v) is 1.96. The van der Waals surface area contributed by atoms with E-state index in [0.717, 1.165) is 18.4 Å². The quantitative estimate of drug-likeness (QED) is 0.865. The van der Waals surface area contributed by atoms with E-state index in [0.29, 0.717) is 11.7 Å². The fraction of sp³-hybridized carbons (Fsp3) is 0.400. The molecular weight excluding hydrogens is 210 g/mol. The highest BCUT2D eigenvalue weighted by Gasteiger charge is 2.14. The number of hydrogen-bond donors (Lipinski definition) is 1. The molecule has 2 heterocycles. The zero-order chi connectivity index (χ0) is 10.7. The van der Waals surface area contributed by atoms with Gasteiger partial charge in [-0.2, -0.15) is 16.3 Å². The molecule has 0 radical (unpaired) electrons. The normalized spacial score (nSPS) is 12.9. The summed E-state index contributed by atoms with van der Waals surface area (Å²) in [5.41, 5.74) is 6.86. The lowest BCUT2D eigenvalue weighted by molar-refractivity contribution is 0.348. The first-order valence-electron chi connectivity index (χ1n) is 4.93. The second kappa shape index (κ2) is 4.55. The van der Waals surface area contributed by atoms with Crippen LogP contribution in [0.3, 0.4) is 0 Å². The average Bonchev–Trinajstić information content (AvgIpc) is 2.89. The first-order chi connectivity index (χ1) is 7.31. The largest absolute Gasteiger partial charge is 0.337 e. The van der Waals surface area contributed by atoms with Gasteiger partial charge in [-0.25, -0.2) is 0 Å². The van der Waals surface area contributed by atoms with E-state index in [-0.39, 0.29) is 6.04 Å². The van der Waals surface area contributed by atoms with Crippen molar-refractivity contribution in [2.24, 2.45) is 5.73 Å². The van der Waals surface area contributed by atoms with Crippen molar-refractivity contribution >= 4 is 11.3 Å². The fourth-order valence-electron chi connectivity index (χ4n) is 1.33. The van der Waals surface area contributed by atoms with Gasteiger partial charge in [-0.1, -0.05) is 18.5 Å². The summed E-state index contributed by atoms with van der Waals surface area (Å²) in [5, 5.41) is 7.87. The zero-order valence-electron chi connectivity index (χ0n) is 8.51. The molecule has 1 atom stereocenters. The van der Waals surface area contributed by atoms with Crippen molar-refractivity contribution < 1.29 is 4.52 Å². The molecule has 80 valence electrons. The lowest BCUT2D eigenvalue weighted by atomic mass is 10.2. The van der Waals surface area contributed by atoms with Crippen LogP contribution in [0.1, 0.15) is 31.7 Å². The van der Waals surface area contributed by atoms with Crippen LogP contribution < -0.4 is 5.73 Å². The number of aromatic nitrogens is 2. The smallest absolute Gasteiger partial charge is 0.243 e. The lowest BCUT2D eigenvalue weighted by Crippen LogP contribution is -2.09. The van der Waals surface area contributed by atoms with Gasteiger partial charge in [0, 0.05) is 10.9 Å². The van der Waals surface area contributed by atoms with Crippen molar-refractivity contribution in [1.29, 1.82) is 0 Å². The molecule has 2 aromatic rings. The average molecular weight is 223 g/mol. The zero-order valence-corrected chi connectivity index (χ0v) is 9.33. The molecule has 15 heavy (non-hydrogen) atoms. The Labute approximate surface area is 92.1 Å². The number of nitrogens with zero attached hydrogens (tertiary/aromatic N) is 2. The molecule has 2 aromatic heterocycles. The van der Waals surface area contributed by atoms with Gasteiger partial charge in [0.2, 0.25) is 11.7 Å². The maximum absolute atomic E-state index is 5.88. The predicted octanol–water partition coefficient (Wildman–Crippen LogP) is 2.60. The van der Waals surface area contributed by atoms with Crippen molar-refractivity contribution in [1.82, 2.24) is 10.1 Å². The topological polar surface area (TPSA) is 64.9 Å². The van der Waals surface area contributed by atoms with Gasteiger partial charge in [0.1, 0.15) is 0 Å². The van der Waals surface area contributed by atoms with Crippen LogP contribution in [0.15, 0.2) is 21.3 Å². The Hall–Kier alpha value is -1.20. The van der Waals surface area contributed by atoms with E-state index >= 15 is 0 Å². The Morgan fingerprint density at radius 1 is 1.60 bits per heavy atom. The molecule has 0 saturated carbocycles. The molecule has 4 nitrogen and oxygen atoms in total. The van der Waals surface area contributed by atoms with Crippen molar-refractivity contribution in [3.63, 3.8) is 0 Å². The van der Waals surface area contributed by atoms with E-state index in [1.54, 1.807) is 11.3 Å². The summed E-state index contributed by atoms with van der Waals surface area (Å²) in [5.74, 6) is 1.15. The SMILES string of the molecule is CCCC(N)c1nc(-c2ccsc2)no1. The molecule has 2 N–H and O–H groups in total. The maximum atomic E-state index is 5.88. The van der Waals surface area contributed by atoms with Gasteiger partial charge >= 0.3 is 0 Å². The minimum atomic E-state index is -0.144. The summed E-state index contributed by atoms with van der Waals surface area (Å²) in [7, 11) is 0. The van der Waals surface area contributed by atoms with Gasteiger partial charge in [0.05, 0.1) is 6.04 Å². The van der Waals surface area contributed by atoms with Crippen molar-refractivity contribution in [3.8, 4) is 11.4 Å². The molecule has 1 unspecified atom stereocenters. The van der Waals surface area contributed by atoms with Crippen LogP contribution in [-0.2, 0) is 0 Å². The molecule has 0 aliphatic heterocycles. The van der Waals surface area contributed by atoms with Crippen LogP contribution in [0.2, 0.25) is 0 Å². The summed E-state index contributed by atoms with van der Waals surface area (Å²) < 4.78 is 5.12. The predicted molar refractivity (Wildman–Crippen MR) is 59.4 cm³/mol. The first kappa shape index (κ1) is 10.3. The second-order valence-corrected chi connectivity index (χ2v) is 4.14. The van der Waals surface area contributed by atoms with E-state index in [1.807, 2.05) is 16.8 Å². The highest BCUT2D eigenvalue weighted by atomic mass is 32.1. The van der Waals surface area contributed by atoms with Crippen LogP contribution in [0.5, 0.6) is 0 Å². The van der Waals surface area contributed by atoms with E-state index in [1.165, 1.54) is 0 Å². The van der Waals surface area contributed by atoms with Crippen LogP contribution in [-0.4, -0.2) is 10.1 Å². The Bertz CT molecular complexity index is 410. The number of nitrogens with two attached hydrogens (primary N) is 1. The summed E-state index contributed by atoms with van der Waals surface area (Å²) in [4.78, 5) is 4.28. The molecule has 5 heteroatoms. The van der Waals surface area contributed by atoms with E-state index in [2.05, 4.69) is 17.1 Å². The van der Waals surface area contributed by atoms with Crippen molar-refractivity contribution in [3.05, 3.63) is 22.7 Å². The first-order valence-corrected chi connectivity index (χ1v) is 5.87. The third kappa shape index (κ3) is 2.24. The van der Waals surface area contributed by atoms with Gasteiger partial charge in [-0.15, -0.1) is 0 Å². The Morgan fingerprint density at radius 3 is 3.13 bits per heavy atom.